The summed E-state index contributed by atoms with van der Waals surface area (Å²) in [6.45, 7) is 8.07. The molecular formula is C18H26F3N3O2. The second-order valence-electron chi connectivity index (χ2n) is 6.97. The summed E-state index contributed by atoms with van der Waals surface area (Å²) in [6, 6.07) is 4.70. The minimum atomic E-state index is -4.33. The number of rotatable bonds is 6. The van der Waals surface area contributed by atoms with Gasteiger partial charge in [0.15, 0.2) is 0 Å². The van der Waals surface area contributed by atoms with Crippen molar-refractivity contribution in [1.82, 2.24) is 15.5 Å². The molecule has 1 aliphatic rings. The number of halogens is 3. The molecule has 0 aromatic heterocycles. The molecule has 2 rings (SSSR count). The third kappa shape index (κ3) is 6.17. The van der Waals surface area contributed by atoms with E-state index in [-0.39, 0.29) is 11.6 Å². The van der Waals surface area contributed by atoms with Gasteiger partial charge in [0.2, 0.25) is 0 Å². The van der Waals surface area contributed by atoms with Gasteiger partial charge in [-0.2, -0.15) is 13.2 Å². The number of morpholine rings is 1. The molecule has 8 heteroatoms. The van der Waals surface area contributed by atoms with Gasteiger partial charge in [0.1, 0.15) is 0 Å². The van der Waals surface area contributed by atoms with Gasteiger partial charge in [-0.1, -0.05) is 12.1 Å². The van der Waals surface area contributed by atoms with Crippen LogP contribution in [0, 0.1) is 0 Å². The van der Waals surface area contributed by atoms with E-state index in [9.17, 15) is 18.0 Å². The zero-order valence-electron chi connectivity index (χ0n) is 15.2. The number of carbonyl (C=O) groups excluding carboxylic acids is 1. The number of benzene rings is 1. The van der Waals surface area contributed by atoms with Crippen molar-refractivity contribution in [2.75, 3.05) is 39.4 Å². The van der Waals surface area contributed by atoms with E-state index in [1.807, 2.05) is 0 Å². The summed E-state index contributed by atoms with van der Waals surface area (Å²) < 4.78 is 42.9. The van der Waals surface area contributed by atoms with E-state index < -0.39 is 11.7 Å². The van der Waals surface area contributed by atoms with Crippen LogP contribution in [0.15, 0.2) is 24.3 Å². The molecule has 0 radical (unpaired) electrons. The van der Waals surface area contributed by atoms with Gasteiger partial charge in [-0.05, 0) is 38.0 Å². The van der Waals surface area contributed by atoms with Crippen molar-refractivity contribution < 1.29 is 22.7 Å². The van der Waals surface area contributed by atoms with Crippen LogP contribution in [0.3, 0.4) is 0 Å². The Kier molecular flexibility index (Phi) is 6.88. The van der Waals surface area contributed by atoms with Gasteiger partial charge in [0.25, 0.3) is 0 Å². The van der Waals surface area contributed by atoms with Gasteiger partial charge < -0.3 is 15.4 Å². The standard InChI is InChI=1S/C18H26F3N3O2/c1-17(2,24-9-11-26-12-10-24)13-23-16(25)22-8-7-14-3-5-15(6-4-14)18(19,20)21/h3-6H,7-13H2,1-2H3,(H2,22,23,25). The number of amides is 2. The summed E-state index contributed by atoms with van der Waals surface area (Å²) in [5, 5.41) is 5.59. The highest BCUT2D eigenvalue weighted by Gasteiger charge is 2.30. The van der Waals surface area contributed by atoms with Crippen LogP contribution in [-0.4, -0.2) is 55.9 Å². The number of ether oxygens (including phenoxy) is 1. The summed E-state index contributed by atoms with van der Waals surface area (Å²) in [7, 11) is 0. The van der Waals surface area contributed by atoms with Crippen LogP contribution in [0.2, 0.25) is 0 Å². The van der Waals surface area contributed by atoms with Crippen molar-refractivity contribution in [1.29, 1.82) is 0 Å². The SMILES string of the molecule is CC(C)(CNC(=O)NCCc1ccc(C(F)(F)F)cc1)N1CCOCC1. The Balaban J connectivity index is 1.70. The van der Waals surface area contributed by atoms with Crippen molar-refractivity contribution in [2.45, 2.75) is 32.0 Å². The second kappa shape index (κ2) is 8.73. The van der Waals surface area contributed by atoms with E-state index >= 15 is 0 Å². The molecule has 0 atom stereocenters. The van der Waals surface area contributed by atoms with Gasteiger partial charge in [-0.15, -0.1) is 0 Å². The molecule has 0 aliphatic carbocycles. The monoisotopic (exact) mass is 373 g/mol. The molecule has 0 unspecified atom stereocenters. The summed E-state index contributed by atoms with van der Waals surface area (Å²) in [5.41, 5.74) is -0.0987. The smallest absolute Gasteiger partial charge is 0.379 e. The van der Waals surface area contributed by atoms with Crippen LogP contribution >= 0.6 is 0 Å². The first-order valence-corrected chi connectivity index (χ1v) is 8.69. The Bertz CT molecular complexity index is 582. The summed E-state index contributed by atoms with van der Waals surface area (Å²) in [6.07, 6.45) is -3.86. The fraction of sp³-hybridized carbons (Fsp3) is 0.611. The highest BCUT2D eigenvalue weighted by molar-refractivity contribution is 5.73. The normalized spacial score (nSPS) is 16.3. The lowest BCUT2D eigenvalue weighted by Gasteiger charge is -2.40. The summed E-state index contributed by atoms with van der Waals surface area (Å²) >= 11 is 0. The van der Waals surface area contributed by atoms with Crippen LogP contribution in [0.5, 0.6) is 0 Å². The van der Waals surface area contributed by atoms with Crippen molar-refractivity contribution in [3.8, 4) is 0 Å². The van der Waals surface area contributed by atoms with Crippen molar-refractivity contribution in [3.05, 3.63) is 35.4 Å². The lowest BCUT2D eigenvalue weighted by Crippen LogP contribution is -2.56. The number of hydrogen-bond acceptors (Lipinski definition) is 3. The van der Waals surface area contributed by atoms with Crippen LogP contribution in [0.1, 0.15) is 25.0 Å². The Hall–Kier alpha value is -1.80. The molecule has 2 N–H and O–H groups in total. The highest BCUT2D eigenvalue weighted by Crippen LogP contribution is 2.29. The van der Waals surface area contributed by atoms with E-state index in [2.05, 4.69) is 29.4 Å². The molecule has 5 nitrogen and oxygen atoms in total. The van der Waals surface area contributed by atoms with Gasteiger partial charge in [0.05, 0.1) is 18.8 Å². The molecule has 0 bridgehead atoms. The molecule has 0 saturated carbocycles. The number of nitrogens with zero attached hydrogens (tertiary/aromatic N) is 1. The van der Waals surface area contributed by atoms with Crippen LogP contribution in [0.4, 0.5) is 18.0 Å². The molecule has 1 aromatic carbocycles. The number of nitrogens with one attached hydrogen (secondary N) is 2. The second-order valence-corrected chi connectivity index (χ2v) is 6.97. The van der Waals surface area contributed by atoms with Gasteiger partial charge >= 0.3 is 12.2 Å². The minimum Gasteiger partial charge on any atom is -0.379 e. The van der Waals surface area contributed by atoms with E-state index in [4.69, 9.17) is 4.74 Å². The molecule has 146 valence electrons. The fourth-order valence-corrected chi connectivity index (χ4v) is 2.82. The fourth-order valence-electron chi connectivity index (χ4n) is 2.82. The number of alkyl halides is 3. The van der Waals surface area contributed by atoms with Crippen LogP contribution < -0.4 is 10.6 Å². The molecule has 0 spiro atoms. The van der Waals surface area contributed by atoms with Gasteiger partial charge in [-0.25, -0.2) is 4.79 Å². The third-order valence-electron chi connectivity index (χ3n) is 4.53. The van der Waals surface area contributed by atoms with Crippen molar-refractivity contribution >= 4 is 6.03 Å². The average Bonchev–Trinajstić information content (AvgIpc) is 2.60. The van der Waals surface area contributed by atoms with E-state index in [0.717, 1.165) is 30.8 Å². The Morgan fingerprint density at radius 3 is 2.31 bits per heavy atom. The van der Waals surface area contributed by atoms with Crippen molar-refractivity contribution in [3.63, 3.8) is 0 Å². The van der Waals surface area contributed by atoms with E-state index in [1.54, 1.807) is 0 Å². The largest absolute Gasteiger partial charge is 0.416 e. The predicted octanol–water partition coefficient (Wildman–Crippen LogP) is 2.66. The quantitative estimate of drug-likeness (QED) is 0.806. The van der Waals surface area contributed by atoms with Crippen LogP contribution in [0.25, 0.3) is 0 Å². The zero-order chi connectivity index (χ0) is 19.2. The maximum Gasteiger partial charge on any atom is 0.416 e. The minimum absolute atomic E-state index is 0.172. The first-order chi connectivity index (χ1) is 12.2. The Morgan fingerprint density at radius 2 is 1.73 bits per heavy atom. The first-order valence-electron chi connectivity index (χ1n) is 8.69. The molecule has 1 fully saturated rings. The average molecular weight is 373 g/mol. The lowest BCUT2D eigenvalue weighted by molar-refractivity contribution is -0.137. The predicted molar refractivity (Wildman–Crippen MR) is 93.0 cm³/mol. The molecule has 1 aliphatic heterocycles. The number of carbonyl (C=O) groups is 1. The Morgan fingerprint density at radius 1 is 1.12 bits per heavy atom. The van der Waals surface area contributed by atoms with Crippen LogP contribution in [-0.2, 0) is 17.3 Å². The van der Waals surface area contributed by atoms with Crippen molar-refractivity contribution in [2.24, 2.45) is 0 Å². The summed E-state index contributed by atoms with van der Waals surface area (Å²) in [5.74, 6) is 0. The van der Waals surface area contributed by atoms with Gasteiger partial charge in [0, 0.05) is 31.7 Å². The van der Waals surface area contributed by atoms with E-state index in [1.165, 1.54) is 12.1 Å². The molecule has 26 heavy (non-hydrogen) atoms. The first kappa shape index (κ1) is 20.5. The highest BCUT2D eigenvalue weighted by atomic mass is 19.4. The molecular weight excluding hydrogens is 347 g/mol. The number of urea groups is 1. The summed E-state index contributed by atoms with van der Waals surface area (Å²) in [4.78, 5) is 14.2. The number of hydrogen-bond donors (Lipinski definition) is 2. The molecule has 2 amide bonds. The zero-order valence-corrected chi connectivity index (χ0v) is 15.2. The molecule has 1 heterocycles. The lowest BCUT2D eigenvalue weighted by atomic mass is 10.0. The third-order valence-corrected chi connectivity index (χ3v) is 4.53. The Labute approximate surface area is 151 Å². The maximum atomic E-state index is 12.5. The van der Waals surface area contributed by atoms with E-state index in [0.29, 0.717) is 32.7 Å². The molecule has 1 aromatic rings. The maximum absolute atomic E-state index is 12.5. The van der Waals surface area contributed by atoms with Gasteiger partial charge in [-0.3, -0.25) is 4.90 Å². The topological polar surface area (TPSA) is 53.6 Å². The molecule has 1 saturated heterocycles.